The van der Waals surface area contributed by atoms with Gasteiger partial charge in [0.2, 0.25) is 0 Å². The average molecular weight is 301 g/mol. The molecule has 2 aromatic rings. The Morgan fingerprint density at radius 3 is 2.40 bits per heavy atom. The Hall–Kier alpha value is -1.88. The van der Waals surface area contributed by atoms with E-state index in [2.05, 4.69) is 5.32 Å². The Kier molecular flexibility index (Phi) is 3.81. The fourth-order valence-electron chi connectivity index (χ4n) is 1.78. The first-order valence-electron chi connectivity index (χ1n) is 5.76. The summed E-state index contributed by atoms with van der Waals surface area (Å²) in [5, 5.41) is 2.85. The number of anilines is 3. The van der Waals surface area contributed by atoms with Gasteiger partial charge in [-0.05, 0) is 42.8 Å². The summed E-state index contributed by atoms with van der Waals surface area (Å²) in [6.07, 6.45) is -4.44. The number of halogens is 4. The van der Waals surface area contributed by atoms with Crippen LogP contribution in [0.3, 0.4) is 0 Å². The van der Waals surface area contributed by atoms with Gasteiger partial charge in [-0.3, -0.25) is 0 Å². The zero-order chi connectivity index (χ0) is 14.9. The van der Waals surface area contributed by atoms with Gasteiger partial charge in [0.15, 0.2) is 0 Å². The zero-order valence-corrected chi connectivity index (χ0v) is 11.3. The topological polar surface area (TPSA) is 38.0 Å². The Morgan fingerprint density at radius 1 is 1.10 bits per heavy atom. The third-order valence-corrected chi connectivity index (χ3v) is 2.93. The quantitative estimate of drug-likeness (QED) is 0.767. The van der Waals surface area contributed by atoms with Crippen molar-refractivity contribution >= 4 is 28.7 Å². The number of nitrogen functional groups attached to an aromatic ring is 1. The summed E-state index contributed by atoms with van der Waals surface area (Å²) in [5.74, 6) is 0. The van der Waals surface area contributed by atoms with Gasteiger partial charge < -0.3 is 11.1 Å². The molecule has 3 N–H and O–H groups in total. The summed E-state index contributed by atoms with van der Waals surface area (Å²) in [6.45, 7) is 1.88. The first kappa shape index (κ1) is 14.5. The van der Waals surface area contributed by atoms with Crippen LogP contribution in [0, 0.1) is 6.92 Å². The van der Waals surface area contributed by atoms with E-state index >= 15 is 0 Å². The van der Waals surface area contributed by atoms with E-state index in [0.29, 0.717) is 11.4 Å². The number of benzene rings is 2. The smallest absolute Gasteiger partial charge is 0.397 e. The zero-order valence-electron chi connectivity index (χ0n) is 10.6. The van der Waals surface area contributed by atoms with Gasteiger partial charge in [0, 0.05) is 10.7 Å². The van der Waals surface area contributed by atoms with Crippen LogP contribution in [-0.2, 0) is 6.18 Å². The van der Waals surface area contributed by atoms with Crippen LogP contribution in [0.4, 0.5) is 30.2 Å². The van der Waals surface area contributed by atoms with E-state index in [1.165, 1.54) is 6.07 Å². The molecule has 0 amide bonds. The largest absolute Gasteiger partial charge is 0.416 e. The number of rotatable bonds is 2. The lowest BCUT2D eigenvalue weighted by Crippen LogP contribution is -2.06. The highest BCUT2D eigenvalue weighted by molar-refractivity contribution is 6.31. The lowest BCUT2D eigenvalue weighted by atomic mass is 10.1. The molecule has 2 rings (SSSR count). The third kappa shape index (κ3) is 3.36. The van der Waals surface area contributed by atoms with E-state index in [4.69, 9.17) is 17.3 Å². The molecule has 0 unspecified atom stereocenters. The summed E-state index contributed by atoms with van der Waals surface area (Å²) < 4.78 is 38.1. The van der Waals surface area contributed by atoms with Crippen LogP contribution >= 0.6 is 11.6 Å². The molecular weight excluding hydrogens is 289 g/mol. The lowest BCUT2D eigenvalue weighted by molar-refractivity contribution is -0.137. The summed E-state index contributed by atoms with van der Waals surface area (Å²) in [7, 11) is 0. The van der Waals surface area contributed by atoms with Crippen LogP contribution in [0.5, 0.6) is 0 Å². The minimum Gasteiger partial charge on any atom is -0.397 e. The van der Waals surface area contributed by atoms with Crippen molar-refractivity contribution in [3.05, 3.63) is 52.5 Å². The molecule has 0 aromatic heterocycles. The molecular formula is C14H12ClF3N2. The summed E-state index contributed by atoms with van der Waals surface area (Å²) in [6, 6.07) is 8.54. The molecule has 0 saturated heterocycles. The molecule has 0 spiro atoms. The van der Waals surface area contributed by atoms with E-state index < -0.39 is 11.7 Å². The Morgan fingerprint density at radius 2 is 1.80 bits per heavy atom. The minimum absolute atomic E-state index is 0.00741. The fourth-order valence-corrected chi connectivity index (χ4v) is 2.01. The Balaban J connectivity index is 2.36. The first-order chi connectivity index (χ1) is 9.25. The van der Waals surface area contributed by atoms with Crippen molar-refractivity contribution in [2.45, 2.75) is 13.1 Å². The molecule has 0 fully saturated rings. The van der Waals surface area contributed by atoms with Crippen LogP contribution in [0.15, 0.2) is 36.4 Å². The van der Waals surface area contributed by atoms with Crippen molar-refractivity contribution in [1.29, 1.82) is 0 Å². The minimum atomic E-state index is -4.44. The number of alkyl halides is 3. The molecule has 0 bridgehead atoms. The highest BCUT2D eigenvalue weighted by atomic mass is 35.5. The van der Waals surface area contributed by atoms with Gasteiger partial charge in [0.1, 0.15) is 0 Å². The van der Waals surface area contributed by atoms with Gasteiger partial charge in [0.05, 0.1) is 16.9 Å². The molecule has 0 atom stereocenters. The Bertz CT molecular complexity index is 639. The number of nitrogens with one attached hydrogen (secondary N) is 1. The average Bonchev–Trinajstić information content (AvgIpc) is 2.31. The molecule has 0 saturated carbocycles. The molecule has 6 heteroatoms. The summed E-state index contributed by atoms with van der Waals surface area (Å²) >= 11 is 5.72. The molecule has 0 aliphatic heterocycles. The Labute approximate surface area is 119 Å². The molecule has 20 heavy (non-hydrogen) atoms. The van der Waals surface area contributed by atoms with Crippen LogP contribution in [-0.4, -0.2) is 0 Å². The predicted molar refractivity (Wildman–Crippen MR) is 75.3 cm³/mol. The van der Waals surface area contributed by atoms with Crippen molar-refractivity contribution in [2.75, 3.05) is 11.1 Å². The van der Waals surface area contributed by atoms with Gasteiger partial charge in [-0.15, -0.1) is 0 Å². The second-order valence-electron chi connectivity index (χ2n) is 4.44. The first-order valence-corrected chi connectivity index (χ1v) is 6.14. The molecule has 0 aliphatic rings. The SMILES string of the molecule is Cc1ccc(Nc2cc(Cl)cc(C(F)(F)F)c2)c(N)c1. The maximum atomic E-state index is 12.7. The normalized spacial score (nSPS) is 11.4. The van der Waals surface area contributed by atoms with Gasteiger partial charge in [0.25, 0.3) is 0 Å². The van der Waals surface area contributed by atoms with Crippen molar-refractivity contribution in [3.8, 4) is 0 Å². The summed E-state index contributed by atoms with van der Waals surface area (Å²) in [4.78, 5) is 0. The van der Waals surface area contributed by atoms with Gasteiger partial charge in [-0.25, -0.2) is 0 Å². The molecule has 0 heterocycles. The van der Waals surface area contributed by atoms with Gasteiger partial charge in [-0.1, -0.05) is 17.7 Å². The molecule has 2 aromatic carbocycles. The number of nitrogens with two attached hydrogens (primary N) is 1. The van der Waals surface area contributed by atoms with Crippen molar-refractivity contribution in [3.63, 3.8) is 0 Å². The van der Waals surface area contributed by atoms with E-state index in [1.807, 2.05) is 13.0 Å². The molecule has 0 aliphatic carbocycles. The van der Waals surface area contributed by atoms with Crippen molar-refractivity contribution in [1.82, 2.24) is 0 Å². The van der Waals surface area contributed by atoms with Gasteiger partial charge in [-0.2, -0.15) is 13.2 Å². The lowest BCUT2D eigenvalue weighted by Gasteiger charge is -2.13. The van der Waals surface area contributed by atoms with Crippen LogP contribution in [0.25, 0.3) is 0 Å². The fraction of sp³-hybridized carbons (Fsp3) is 0.143. The number of aryl methyl sites for hydroxylation is 1. The van der Waals surface area contributed by atoms with Crippen LogP contribution in [0.1, 0.15) is 11.1 Å². The number of hydrogen-bond acceptors (Lipinski definition) is 2. The summed E-state index contributed by atoms with van der Waals surface area (Å²) in [5.41, 5.74) is 7.20. The molecule has 0 radical (unpaired) electrons. The number of hydrogen-bond donors (Lipinski definition) is 2. The van der Waals surface area contributed by atoms with E-state index in [0.717, 1.165) is 17.7 Å². The van der Waals surface area contributed by atoms with E-state index in [9.17, 15) is 13.2 Å². The van der Waals surface area contributed by atoms with Crippen molar-refractivity contribution < 1.29 is 13.2 Å². The standard InChI is InChI=1S/C14H12ClF3N2/c1-8-2-3-13(12(19)4-8)20-11-6-9(14(16,17)18)5-10(15)7-11/h2-7,20H,19H2,1H3. The maximum Gasteiger partial charge on any atom is 0.416 e. The van der Waals surface area contributed by atoms with Crippen LogP contribution in [0.2, 0.25) is 5.02 Å². The highest BCUT2D eigenvalue weighted by Crippen LogP contribution is 2.34. The third-order valence-electron chi connectivity index (χ3n) is 2.71. The monoisotopic (exact) mass is 300 g/mol. The predicted octanol–water partition coefficient (Wildman–Crippen LogP) is 4.99. The van der Waals surface area contributed by atoms with Gasteiger partial charge >= 0.3 is 6.18 Å². The maximum absolute atomic E-state index is 12.7. The van der Waals surface area contributed by atoms with Crippen molar-refractivity contribution in [2.24, 2.45) is 0 Å². The van der Waals surface area contributed by atoms with Crippen LogP contribution < -0.4 is 11.1 Å². The second-order valence-corrected chi connectivity index (χ2v) is 4.88. The molecule has 2 nitrogen and oxygen atoms in total. The van der Waals surface area contributed by atoms with E-state index in [1.54, 1.807) is 12.1 Å². The second kappa shape index (κ2) is 5.25. The highest BCUT2D eigenvalue weighted by Gasteiger charge is 2.31. The van der Waals surface area contributed by atoms with E-state index in [-0.39, 0.29) is 10.7 Å². The molecule has 106 valence electrons.